The van der Waals surface area contributed by atoms with Gasteiger partial charge in [0.2, 0.25) is 0 Å². The molecule has 0 amide bonds. The van der Waals surface area contributed by atoms with Crippen LogP contribution in [0.5, 0.6) is 0 Å². The molecule has 1 atom stereocenters. The van der Waals surface area contributed by atoms with E-state index in [-0.39, 0.29) is 0 Å². The third-order valence-electron chi connectivity index (χ3n) is 7.67. The van der Waals surface area contributed by atoms with Gasteiger partial charge in [0, 0.05) is 27.2 Å². The van der Waals surface area contributed by atoms with Gasteiger partial charge in [0.15, 0.2) is 0 Å². The van der Waals surface area contributed by atoms with Crippen LogP contribution in [-0.4, -0.2) is 27.3 Å². The van der Waals surface area contributed by atoms with E-state index >= 15 is 0 Å². The van der Waals surface area contributed by atoms with Crippen molar-refractivity contribution in [1.82, 2.24) is 0 Å². The molecule has 34 heavy (non-hydrogen) atoms. The average Bonchev–Trinajstić information content (AvgIpc) is 2.86. The summed E-state index contributed by atoms with van der Waals surface area (Å²) >= 11 is 0. The molecule has 0 aliphatic carbocycles. The second-order valence-corrected chi connectivity index (χ2v) is 10.6. The molecule has 206 valence electrons. The van der Waals surface area contributed by atoms with Crippen LogP contribution in [0.3, 0.4) is 0 Å². The Morgan fingerprint density at radius 2 is 0.618 bits per heavy atom. The molecule has 0 fully saturated rings. The minimum Gasteiger partial charge on any atom is -0.331 e. The molecule has 0 aliphatic heterocycles. The third kappa shape index (κ3) is 18.2. The molecule has 0 rings (SSSR count). The Morgan fingerprint density at radius 3 is 0.853 bits per heavy atom. The molecule has 0 saturated heterocycles. The molecule has 0 radical (unpaired) electrons. The van der Waals surface area contributed by atoms with Gasteiger partial charge in [0.1, 0.15) is 0 Å². The van der Waals surface area contributed by atoms with Gasteiger partial charge in [-0.25, -0.2) is 0 Å². The number of methoxy groups -OCH3 is 3. The van der Waals surface area contributed by atoms with E-state index in [0.717, 1.165) is 12.8 Å². The Kier molecular flexibility index (Phi) is 25.9. The molecule has 0 aromatic rings. The lowest BCUT2D eigenvalue weighted by Gasteiger charge is -2.36. The first-order valence-electron chi connectivity index (χ1n) is 15.4. The lowest BCUT2D eigenvalue weighted by Crippen LogP contribution is -2.44. The maximum Gasteiger partial charge on any atom is 0.285 e. The van der Waals surface area contributed by atoms with Gasteiger partial charge in [-0.1, -0.05) is 155 Å². The van der Waals surface area contributed by atoms with Crippen molar-refractivity contribution in [2.24, 2.45) is 5.92 Å². The minimum absolute atomic E-state index is 0.311. The van der Waals surface area contributed by atoms with Crippen LogP contribution in [-0.2, 0) is 14.2 Å². The van der Waals surface area contributed by atoms with Gasteiger partial charge in [0.25, 0.3) is 5.97 Å². The van der Waals surface area contributed by atoms with Gasteiger partial charge in [-0.15, -0.1) is 0 Å². The summed E-state index contributed by atoms with van der Waals surface area (Å²) in [5.41, 5.74) is 0. The van der Waals surface area contributed by atoms with Gasteiger partial charge in [-0.05, 0) is 12.8 Å². The zero-order valence-electron chi connectivity index (χ0n) is 24.3. The molecule has 3 heteroatoms. The summed E-state index contributed by atoms with van der Waals surface area (Å²) in [5.74, 6) is -0.565. The Morgan fingerprint density at radius 1 is 0.382 bits per heavy atom. The maximum absolute atomic E-state index is 5.72. The highest BCUT2D eigenvalue weighted by atomic mass is 16.9. The zero-order chi connectivity index (χ0) is 25.2. The van der Waals surface area contributed by atoms with Crippen LogP contribution in [0.25, 0.3) is 0 Å². The number of hydrogen-bond acceptors (Lipinski definition) is 3. The fourth-order valence-corrected chi connectivity index (χ4v) is 5.36. The monoisotopic (exact) mass is 484 g/mol. The molecular formula is C31H64O3. The predicted octanol–water partition coefficient (Wildman–Crippen LogP) is 10.6. The molecule has 0 aliphatic rings. The molecule has 0 aromatic heterocycles. The van der Waals surface area contributed by atoms with E-state index < -0.39 is 5.97 Å². The highest BCUT2D eigenvalue weighted by Gasteiger charge is 2.39. The Bertz CT molecular complexity index is 373. The summed E-state index contributed by atoms with van der Waals surface area (Å²) in [5, 5.41) is 0. The minimum atomic E-state index is -0.875. The smallest absolute Gasteiger partial charge is 0.285 e. The number of hydrogen-bond donors (Lipinski definition) is 0. The van der Waals surface area contributed by atoms with Gasteiger partial charge in [-0.3, -0.25) is 0 Å². The van der Waals surface area contributed by atoms with E-state index in [1.807, 2.05) is 0 Å². The van der Waals surface area contributed by atoms with Crippen LogP contribution in [0.1, 0.15) is 168 Å². The Hall–Kier alpha value is -0.120. The molecule has 0 N–H and O–H groups in total. The van der Waals surface area contributed by atoms with Crippen molar-refractivity contribution in [2.75, 3.05) is 21.3 Å². The Balaban J connectivity index is 3.76. The number of unbranched alkanes of at least 4 members (excludes halogenated alkanes) is 20. The summed E-state index contributed by atoms with van der Waals surface area (Å²) < 4.78 is 17.1. The van der Waals surface area contributed by atoms with Crippen molar-refractivity contribution < 1.29 is 14.2 Å². The first-order valence-corrected chi connectivity index (χ1v) is 15.4. The van der Waals surface area contributed by atoms with Crippen LogP contribution >= 0.6 is 0 Å². The van der Waals surface area contributed by atoms with E-state index in [0.29, 0.717) is 5.92 Å². The van der Waals surface area contributed by atoms with E-state index in [1.165, 1.54) is 141 Å². The highest BCUT2D eigenvalue weighted by Crippen LogP contribution is 2.33. The van der Waals surface area contributed by atoms with Crippen LogP contribution in [0, 0.1) is 5.92 Å². The first kappa shape index (κ1) is 33.9. The number of rotatable bonds is 28. The van der Waals surface area contributed by atoms with Crippen molar-refractivity contribution in [1.29, 1.82) is 0 Å². The predicted molar refractivity (Wildman–Crippen MR) is 149 cm³/mol. The van der Waals surface area contributed by atoms with Crippen LogP contribution < -0.4 is 0 Å². The van der Waals surface area contributed by atoms with Crippen LogP contribution in [0.15, 0.2) is 0 Å². The molecule has 0 spiro atoms. The molecule has 0 bridgehead atoms. The molecule has 0 aromatic carbocycles. The van der Waals surface area contributed by atoms with E-state index in [9.17, 15) is 0 Å². The maximum atomic E-state index is 5.72. The van der Waals surface area contributed by atoms with Crippen LogP contribution in [0.2, 0.25) is 0 Å². The summed E-state index contributed by atoms with van der Waals surface area (Å²) in [6, 6.07) is 0. The summed E-state index contributed by atoms with van der Waals surface area (Å²) in [4.78, 5) is 0. The van der Waals surface area contributed by atoms with Gasteiger partial charge in [0.05, 0.1) is 0 Å². The Labute approximate surface area is 215 Å². The van der Waals surface area contributed by atoms with Crippen molar-refractivity contribution in [2.45, 2.75) is 174 Å². The molecule has 1 unspecified atom stereocenters. The van der Waals surface area contributed by atoms with Crippen LogP contribution in [0.4, 0.5) is 0 Å². The molecular weight excluding hydrogens is 420 g/mol. The topological polar surface area (TPSA) is 27.7 Å². The first-order chi connectivity index (χ1) is 16.7. The van der Waals surface area contributed by atoms with Crippen molar-refractivity contribution in [3.63, 3.8) is 0 Å². The SMILES string of the molecule is CCCCCCCCCCCCCCCCCCCC(CCCCCCC)C(OC)(OC)OC. The zero-order valence-corrected chi connectivity index (χ0v) is 24.3. The van der Waals surface area contributed by atoms with Gasteiger partial charge >= 0.3 is 0 Å². The van der Waals surface area contributed by atoms with Crippen molar-refractivity contribution >= 4 is 0 Å². The van der Waals surface area contributed by atoms with E-state index in [4.69, 9.17) is 14.2 Å². The summed E-state index contributed by atoms with van der Waals surface area (Å²) in [6.45, 7) is 4.57. The van der Waals surface area contributed by atoms with Gasteiger partial charge < -0.3 is 14.2 Å². The van der Waals surface area contributed by atoms with E-state index in [1.54, 1.807) is 21.3 Å². The molecule has 3 nitrogen and oxygen atoms in total. The van der Waals surface area contributed by atoms with E-state index in [2.05, 4.69) is 13.8 Å². The number of ether oxygens (including phenoxy) is 3. The summed E-state index contributed by atoms with van der Waals surface area (Å²) in [7, 11) is 5.14. The second kappa shape index (κ2) is 26.0. The largest absolute Gasteiger partial charge is 0.331 e. The summed E-state index contributed by atoms with van der Waals surface area (Å²) in [6.07, 6.45) is 32.8. The fourth-order valence-electron chi connectivity index (χ4n) is 5.36. The molecule has 0 heterocycles. The fraction of sp³-hybridized carbons (Fsp3) is 1.00. The second-order valence-electron chi connectivity index (χ2n) is 10.6. The standard InChI is InChI=1S/C31H64O3/c1-6-8-10-12-13-14-15-16-17-18-19-20-21-22-23-25-27-29-30(28-26-24-11-9-7-2)31(32-3,33-4)34-5/h30H,6-29H2,1-5H3. The normalized spacial score (nSPS) is 13.0. The van der Waals surface area contributed by atoms with Gasteiger partial charge in [-0.2, -0.15) is 0 Å². The van der Waals surface area contributed by atoms with Crippen molar-refractivity contribution in [3.8, 4) is 0 Å². The lowest BCUT2D eigenvalue weighted by molar-refractivity contribution is -0.380. The van der Waals surface area contributed by atoms with Crippen molar-refractivity contribution in [3.05, 3.63) is 0 Å². The quantitative estimate of drug-likeness (QED) is 0.0816. The lowest BCUT2D eigenvalue weighted by atomic mass is 9.91. The average molecular weight is 485 g/mol. The highest BCUT2D eigenvalue weighted by molar-refractivity contribution is 4.72. The third-order valence-corrected chi connectivity index (χ3v) is 7.67. The molecule has 0 saturated carbocycles.